The lowest BCUT2D eigenvalue weighted by Gasteiger charge is -2.33. The first-order valence-electron chi connectivity index (χ1n) is 10.2. The standard InChI is InChI=1S/C21H30N4O2/c1-15(2)20-23-19(18-5-3-4-9-25(18)20)21(26)22-17-6-10-24(11-7-17)13-16-8-12-27-14-16/h3-5,9,15-17H,6-8,10-14H2,1-2H3,(H,22,26). The molecule has 146 valence electrons. The van der Waals surface area contributed by atoms with Crippen molar-refractivity contribution >= 4 is 11.4 Å². The molecule has 0 spiro atoms. The lowest BCUT2D eigenvalue weighted by Crippen LogP contribution is -2.46. The van der Waals surface area contributed by atoms with Gasteiger partial charge >= 0.3 is 0 Å². The van der Waals surface area contributed by atoms with Crippen molar-refractivity contribution in [3.05, 3.63) is 35.9 Å². The van der Waals surface area contributed by atoms with E-state index < -0.39 is 0 Å². The Balaban J connectivity index is 1.38. The van der Waals surface area contributed by atoms with E-state index in [1.54, 1.807) is 0 Å². The molecule has 1 N–H and O–H groups in total. The molecule has 1 atom stereocenters. The van der Waals surface area contributed by atoms with E-state index >= 15 is 0 Å². The van der Waals surface area contributed by atoms with Crippen LogP contribution in [0.25, 0.3) is 5.52 Å². The average molecular weight is 370 g/mol. The van der Waals surface area contributed by atoms with Crippen LogP contribution in [0.1, 0.15) is 55.3 Å². The highest BCUT2D eigenvalue weighted by Crippen LogP contribution is 2.21. The maximum absolute atomic E-state index is 12.9. The molecule has 2 saturated heterocycles. The molecule has 0 aromatic carbocycles. The van der Waals surface area contributed by atoms with Crippen LogP contribution in [-0.4, -0.2) is 59.1 Å². The first-order valence-corrected chi connectivity index (χ1v) is 10.2. The first-order chi connectivity index (χ1) is 13.1. The van der Waals surface area contributed by atoms with Gasteiger partial charge in [0, 0.05) is 44.4 Å². The highest BCUT2D eigenvalue weighted by molar-refractivity contribution is 5.99. The smallest absolute Gasteiger partial charge is 0.272 e. The molecule has 4 rings (SSSR count). The minimum absolute atomic E-state index is 0.0479. The second kappa shape index (κ2) is 7.98. The van der Waals surface area contributed by atoms with Crippen molar-refractivity contribution in [2.24, 2.45) is 5.92 Å². The van der Waals surface area contributed by atoms with Crippen LogP contribution in [0, 0.1) is 5.92 Å². The van der Waals surface area contributed by atoms with Crippen molar-refractivity contribution in [3.63, 3.8) is 0 Å². The van der Waals surface area contributed by atoms with Gasteiger partial charge in [0.15, 0.2) is 5.69 Å². The fraction of sp³-hybridized carbons (Fsp3) is 0.619. The van der Waals surface area contributed by atoms with Gasteiger partial charge in [-0.3, -0.25) is 4.79 Å². The van der Waals surface area contributed by atoms with E-state index in [9.17, 15) is 4.79 Å². The second-order valence-corrected chi connectivity index (χ2v) is 8.21. The molecule has 2 aromatic heterocycles. The summed E-state index contributed by atoms with van der Waals surface area (Å²) < 4.78 is 7.52. The van der Waals surface area contributed by atoms with Crippen LogP contribution in [0.5, 0.6) is 0 Å². The van der Waals surface area contributed by atoms with Crippen molar-refractivity contribution in [2.45, 2.75) is 45.1 Å². The maximum Gasteiger partial charge on any atom is 0.272 e. The van der Waals surface area contributed by atoms with Gasteiger partial charge in [0.2, 0.25) is 0 Å². The van der Waals surface area contributed by atoms with Crippen LogP contribution in [0.15, 0.2) is 24.4 Å². The molecule has 4 heterocycles. The van der Waals surface area contributed by atoms with Crippen LogP contribution in [0.2, 0.25) is 0 Å². The van der Waals surface area contributed by atoms with Crippen molar-refractivity contribution in [1.82, 2.24) is 19.6 Å². The summed E-state index contributed by atoms with van der Waals surface area (Å²) in [6.07, 6.45) is 5.17. The number of hydrogen-bond donors (Lipinski definition) is 1. The summed E-state index contributed by atoms with van der Waals surface area (Å²) in [5, 5.41) is 3.23. The van der Waals surface area contributed by atoms with Crippen LogP contribution < -0.4 is 5.32 Å². The summed E-state index contributed by atoms with van der Waals surface area (Å²) in [6.45, 7) is 9.24. The summed E-state index contributed by atoms with van der Waals surface area (Å²) in [4.78, 5) is 20.1. The van der Waals surface area contributed by atoms with Crippen LogP contribution in [0.3, 0.4) is 0 Å². The zero-order valence-corrected chi connectivity index (χ0v) is 16.4. The number of piperidine rings is 1. The molecule has 27 heavy (non-hydrogen) atoms. The largest absolute Gasteiger partial charge is 0.381 e. The van der Waals surface area contributed by atoms with Gasteiger partial charge in [-0.2, -0.15) is 0 Å². The summed E-state index contributed by atoms with van der Waals surface area (Å²) in [7, 11) is 0. The van der Waals surface area contributed by atoms with Gasteiger partial charge in [-0.1, -0.05) is 19.9 Å². The molecule has 0 bridgehead atoms. The van der Waals surface area contributed by atoms with Crippen LogP contribution in [0.4, 0.5) is 0 Å². The molecule has 1 amide bonds. The highest BCUT2D eigenvalue weighted by Gasteiger charge is 2.26. The molecule has 0 aliphatic carbocycles. The van der Waals surface area contributed by atoms with Gasteiger partial charge < -0.3 is 19.4 Å². The Morgan fingerprint density at radius 3 is 2.81 bits per heavy atom. The molecular weight excluding hydrogens is 340 g/mol. The number of likely N-dealkylation sites (tertiary alicyclic amines) is 1. The third kappa shape index (κ3) is 4.01. The van der Waals surface area contributed by atoms with Gasteiger partial charge in [0.25, 0.3) is 5.91 Å². The lowest BCUT2D eigenvalue weighted by atomic mass is 10.0. The lowest BCUT2D eigenvalue weighted by molar-refractivity contribution is 0.0900. The minimum atomic E-state index is -0.0479. The first kappa shape index (κ1) is 18.4. The number of rotatable bonds is 5. The number of fused-ring (bicyclic) bond motifs is 1. The topological polar surface area (TPSA) is 58.9 Å². The number of carbonyl (C=O) groups is 1. The van der Waals surface area contributed by atoms with E-state index in [2.05, 4.69) is 29.0 Å². The Hall–Kier alpha value is -1.92. The zero-order valence-electron chi connectivity index (χ0n) is 16.4. The van der Waals surface area contributed by atoms with E-state index in [-0.39, 0.29) is 17.9 Å². The average Bonchev–Trinajstić information content (AvgIpc) is 3.31. The predicted octanol–water partition coefficient (Wildman–Crippen LogP) is 2.69. The van der Waals surface area contributed by atoms with E-state index in [4.69, 9.17) is 4.74 Å². The van der Waals surface area contributed by atoms with E-state index in [0.29, 0.717) is 11.6 Å². The monoisotopic (exact) mass is 370 g/mol. The van der Waals surface area contributed by atoms with Crippen molar-refractivity contribution in [3.8, 4) is 0 Å². The van der Waals surface area contributed by atoms with Gasteiger partial charge in [-0.25, -0.2) is 4.98 Å². The van der Waals surface area contributed by atoms with E-state index in [0.717, 1.165) is 57.0 Å². The molecular formula is C21H30N4O2. The number of nitrogens with zero attached hydrogens (tertiary/aromatic N) is 3. The number of pyridine rings is 1. The Morgan fingerprint density at radius 1 is 1.30 bits per heavy atom. The van der Waals surface area contributed by atoms with Gasteiger partial charge in [0.1, 0.15) is 5.82 Å². The molecule has 0 radical (unpaired) electrons. The summed E-state index contributed by atoms with van der Waals surface area (Å²) in [5.41, 5.74) is 1.43. The molecule has 6 heteroatoms. The third-order valence-electron chi connectivity index (χ3n) is 5.77. The fourth-order valence-electron chi connectivity index (χ4n) is 4.24. The number of nitrogens with one attached hydrogen (secondary N) is 1. The van der Waals surface area contributed by atoms with Crippen LogP contribution >= 0.6 is 0 Å². The molecule has 0 saturated carbocycles. The molecule has 2 aromatic rings. The van der Waals surface area contributed by atoms with Gasteiger partial charge in [0.05, 0.1) is 12.1 Å². The van der Waals surface area contributed by atoms with E-state index in [1.165, 1.54) is 6.42 Å². The summed E-state index contributed by atoms with van der Waals surface area (Å²) in [5.74, 6) is 1.84. The number of hydrogen-bond acceptors (Lipinski definition) is 4. The molecule has 6 nitrogen and oxygen atoms in total. The quantitative estimate of drug-likeness (QED) is 0.879. The van der Waals surface area contributed by atoms with Crippen molar-refractivity contribution in [1.29, 1.82) is 0 Å². The SMILES string of the molecule is CC(C)c1nc(C(=O)NC2CCN(CC3CCOC3)CC2)c2ccccn12. The van der Waals surface area contributed by atoms with Gasteiger partial charge in [-0.15, -0.1) is 0 Å². The maximum atomic E-state index is 12.9. The third-order valence-corrected chi connectivity index (χ3v) is 5.77. The molecule has 2 aliphatic rings. The highest BCUT2D eigenvalue weighted by atomic mass is 16.5. The number of aromatic nitrogens is 2. The Kier molecular flexibility index (Phi) is 5.45. The fourth-order valence-corrected chi connectivity index (χ4v) is 4.24. The van der Waals surface area contributed by atoms with Gasteiger partial charge in [-0.05, 0) is 37.3 Å². The number of amides is 1. The van der Waals surface area contributed by atoms with Crippen LogP contribution in [-0.2, 0) is 4.74 Å². The van der Waals surface area contributed by atoms with Crippen molar-refractivity contribution < 1.29 is 9.53 Å². The predicted molar refractivity (Wildman–Crippen MR) is 105 cm³/mol. The second-order valence-electron chi connectivity index (χ2n) is 8.21. The summed E-state index contributed by atoms with van der Waals surface area (Å²) in [6, 6.07) is 6.15. The number of ether oxygens (including phenoxy) is 1. The number of carbonyl (C=O) groups excluding carboxylic acids is 1. The molecule has 2 fully saturated rings. The minimum Gasteiger partial charge on any atom is -0.381 e. The number of imidazole rings is 1. The Morgan fingerprint density at radius 2 is 2.11 bits per heavy atom. The Bertz CT molecular complexity index is 787. The summed E-state index contributed by atoms with van der Waals surface area (Å²) >= 11 is 0. The molecule has 2 aliphatic heterocycles. The van der Waals surface area contributed by atoms with E-state index in [1.807, 2.05) is 28.8 Å². The normalized spacial score (nSPS) is 22.0. The van der Waals surface area contributed by atoms with Crippen molar-refractivity contribution in [2.75, 3.05) is 32.8 Å². The Labute approximate surface area is 160 Å². The zero-order chi connectivity index (χ0) is 18.8. The molecule has 1 unspecified atom stereocenters.